The van der Waals surface area contributed by atoms with Crippen molar-refractivity contribution in [3.05, 3.63) is 29.3 Å². The molecule has 0 fully saturated rings. The maximum atomic E-state index is 5.92. The lowest BCUT2D eigenvalue weighted by Gasteiger charge is -2.18. The molecule has 0 heterocycles. The quantitative estimate of drug-likeness (QED) is 0.805. The number of aryl methyl sites for hydroxylation is 1. The molecule has 1 aromatic carbocycles. The first-order chi connectivity index (χ1) is 7.19. The highest BCUT2D eigenvalue weighted by atomic mass is 16.5. The Balaban J connectivity index is 2.91. The van der Waals surface area contributed by atoms with Crippen molar-refractivity contribution in [2.45, 2.75) is 39.7 Å². The van der Waals surface area contributed by atoms with Gasteiger partial charge in [0.2, 0.25) is 0 Å². The summed E-state index contributed by atoms with van der Waals surface area (Å²) in [7, 11) is 0. The third kappa shape index (κ3) is 3.24. The van der Waals surface area contributed by atoms with Gasteiger partial charge in [-0.2, -0.15) is 0 Å². The van der Waals surface area contributed by atoms with Gasteiger partial charge in [-0.1, -0.05) is 25.1 Å². The minimum absolute atomic E-state index is 0.266. The summed E-state index contributed by atoms with van der Waals surface area (Å²) >= 11 is 0. The molecule has 84 valence electrons. The summed E-state index contributed by atoms with van der Waals surface area (Å²) in [5.74, 6) is 1.03. The van der Waals surface area contributed by atoms with E-state index in [1.54, 1.807) is 0 Å². The molecule has 0 amide bonds. The summed E-state index contributed by atoms with van der Waals surface area (Å²) in [6.07, 6.45) is 2.17. The van der Waals surface area contributed by atoms with Crippen LogP contribution >= 0.6 is 0 Å². The van der Waals surface area contributed by atoms with Crippen molar-refractivity contribution in [3.8, 4) is 5.75 Å². The van der Waals surface area contributed by atoms with E-state index in [2.05, 4.69) is 39.0 Å². The van der Waals surface area contributed by atoms with Gasteiger partial charge in [0.15, 0.2) is 0 Å². The summed E-state index contributed by atoms with van der Waals surface area (Å²) in [5.41, 5.74) is 8.00. The van der Waals surface area contributed by atoms with Crippen LogP contribution in [0.5, 0.6) is 5.75 Å². The minimum Gasteiger partial charge on any atom is -0.490 e. The van der Waals surface area contributed by atoms with Gasteiger partial charge in [-0.25, -0.2) is 0 Å². The average molecular weight is 207 g/mol. The lowest BCUT2D eigenvalue weighted by atomic mass is 10.1. The number of hydrogen-bond acceptors (Lipinski definition) is 2. The highest BCUT2D eigenvalue weighted by Gasteiger charge is 2.09. The molecule has 1 rings (SSSR count). The predicted octanol–water partition coefficient (Wildman–Crippen LogP) is 2.67. The molecular formula is C13H21NO. The molecule has 1 unspecified atom stereocenters. The smallest absolute Gasteiger partial charge is 0.125 e. The molecule has 0 aliphatic heterocycles. The summed E-state index contributed by atoms with van der Waals surface area (Å²) in [6.45, 7) is 6.97. The molecule has 2 N–H and O–H groups in total. The fourth-order valence-corrected chi connectivity index (χ4v) is 1.52. The Morgan fingerprint density at radius 3 is 2.73 bits per heavy atom. The summed E-state index contributed by atoms with van der Waals surface area (Å²) in [4.78, 5) is 0. The SMILES string of the molecule is CCC(C)Oc1c(C)cccc1CCN. The fourth-order valence-electron chi connectivity index (χ4n) is 1.52. The molecule has 0 radical (unpaired) electrons. The second-order valence-corrected chi connectivity index (χ2v) is 3.94. The molecule has 0 saturated heterocycles. The number of rotatable bonds is 5. The molecular weight excluding hydrogens is 186 g/mol. The maximum Gasteiger partial charge on any atom is 0.125 e. The first kappa shape index (κ1) is 12.1. The zero-order valence-electron chi connectivity index (χ0n) is 9.92. The molecule has 0 aromatic heterocycles. The van der Waals surface area contributed by atoms with Crippen LogP contribution in [-0.2, 0) is 6.42 Å². The van der Waals surface area contributed by atoms with E-state index in [9.17, 15) is 0 Å². The van der Waals surface area contributed by atoms with Crippen molar-refractivity contribution in [1.82, 2.24) is 0 Å². The van der Waals surface area contributed by atoms with Crippen LogP contribution < -0.4 is 10.5 Å². The third-order valence-corrected chi connectivity index (χ3v) is 2.60. The molecule has 0 aliphatic rings. The summed E-state index contributed by atoms with van der Waals surface area (Å²) in [5, 5.41) is 0. The zero-order valence-corrected chi connectivity index (χ0v) is 9.92. The van der Waals surface area contributed by atoms with Gasteiger partial charge in [0.1, 0.15) is 5.75 Å². The van der Waals surface area contributed by atoms with Crippen LogP contribution in [-0.4, -0.2) is 12.6 Å². The standard InChI is InChI=1S/C13H21NO/c1-4-11(3)15-13-10(2)6-5-7-12(13)8-9-14/h5-7,11H,4,8-9,14H2,1-3H3. The van der Waals surface area contributed by atoms with Gasteiger partial charge in [-0.3, -0.25) is 0 Å². The first-order valence-corrected chi connectivity index (χ1v) is 5.64. The molecule has 1 aromatic rings. The molecule has 15 heavy (non-hydrogen) atoms. The molecule has 2 heteroatoms. The van der Waals surface area contributed by atoms with Crippen LogP contribution in [0.3, 0.4) is 0 Å². The van der Waals surface area contributed by atoms with E-state index >= 15 is 0 Å². The van der Waals surface area contributed by atoms with Crippen LogP contribution in [0.1, 0.15) is 31.4 Å². The van der Waals surface area contributed by atoms with Gasteiger partial charge in [-0.05, 0) is 44.4 Å². The van der Waals surface area contributed by atoms with E-state index in [0.717, 1.165) is 18.6 Å². The predicted molar refractivity (Wildman–Crippen MR) is 64.3 cm³/mol. The zero-order chi connectivity index (χ0) is 11.3. The number of para-hydroxylation sites is 1. The van der Waals surface area contributed by atoms with Crippen molar-refractivity contribution in [3.63, 3.8) is 0 Å². The number of hydrogen-bond donors (Lipinski definition) is 1. The second kappa shape index (κ2) is 5.76. The highest BCUT2D eigenvalue weighted by Crippen LogP contribution is 2.25. The Morgan fingerprint density at radius 2 is 2.13 bits per heavy atom. The van der Waals surface area contributed by atoms with Crippen LogP contribution in [0, 0.1) is 6.92 Å². The molecule has 1 atom stereocenters. The number of benzene rings is 1. The van der Waals surface area contributed by atoms with Crippen molar-refractivity contribution < 1.29 is 4.74 Å². The Kier molecular flexibility index (Phi) is 4.63. The van der Waals surface area contributed by atoms with Crippen LogP contribution in [0.25, 0.3) is 0 Å². The topological polar surface area (TPSA) is 35.2 Å². The second-order valence-electron chi connectivity index (χ2n) is 3.94. The van der Waals surface area contributed by atoms with Crippen LogP contribution in [0.15, 0.2) is 18.2 Å². The van der Waals surface area contributed by atoms with Crippen LogP contribution in [0.4, 0.5) is 0 Å². The molecule has 0 aliphatic carbocycles. The Hall–Kier alpha value is -1.02. The largest absolute Gasteiger partial charge is 0.490 e. The molecule has 0 bridgehead atoms. The van der Waals surface area contributed by atoms with Gasteiger partial charge in [0.25, 0.3) is 0 Å². The Labute approximate surface area is 92.4 Å². The van der Waals surface area contributed by atoms with E-state index < -0.39 is 0 Å². The maximum absolute atomic E-state index is 5.92. The first-order valence-electron chi connectivity index (χ1n) is 5.64. The van der Waals surface area contributed by atoms with E-state index in [1.807, 2.05) is 0 Å². The van der Waals surface area contributed by atoms with Gasteiger partial charge >= 0.3 is 0 Å². The number of nitrogens with two attached hydrogens (primary N) is 1. The average Bonchev–Trinajstić information content (AvgIpc) is 2.23. The lowest BCUT2D eigenvalue weighted by Crippen LogP contribution is -2.13. The lowest BCUT2D eigenvalue weighted by molar-refractivity contribution is 0.214. The monoisotopic (exact) mass is 207 g/mol. The van der Waals surface area contributed by atoms with E-state index in [1.165, 1.54) is 11.1 Å². The Bertz CT molecular complexity index is 309. The minimum atomic E-state index is 0.266. The molecule has 0 spiro atoms. The van der Waals surface area contributed by atoms with Crippen molar-refractivity contribution >= 4 is 0 Å². The van der Waals surface area contributed by atoms with E-state index in [0.29, 0.717) is 6.54 Å². The fraction of sp³-hybridized carbons (Fsp3) is 0.538. The number of ether oxygens (including phenoxy) is 1. The van der Waals surface area contributed by atoms with Gasteiger partial charge in [0.05, 0.1) is 6.10 Å². The molecule has 2 nitrogen and oxygen atoms in total. The van der Waals surface area contributed by atoms with Crippen LogP contribution in [0.2, 0.25) is 0 Å². The molecule has 0 saturated carbocycles. The highest BCUT2D eigenvalue weighted by molar-refractivity contribution is 5.41. The van der Waals surface area contributed by atoms with E-state index in [4.69, 9.17) is 10.5 Å². The van der Waals surface area contributed by atoms with Crippen molar-refractivity contribution in [2.24, 2.45) is 5.73 Å². The summed E-state index contributed by atoms with van der Waals surface area (Å²) in [6, 6.07) is 6.24. The van der Waals surface area contributed by atoms with Gasteiger partial charge in [-0.15, -0.1) is 0 Å². The van der Waals surface area contributed by atoms with Gasteiger partial charge in [0, 0.05) is 0 Å². The van der Waals surface area contributed by atoms with Gasteiger partial charge < -0.3 is 10.5 Å². The van der Waals surface area contributed by atoms with Crippen molar-refractivity contribution in [1.29, 1.82) is 0 Å². The van der Waals surface area contributed by atoms with E-state index in [-0.39, 0.29) is 6.10 Å². The summed E-state index contributed by atoms with van der Waals surface area (Å²) < 4.78 is 5.92. The van der Waals surface area contributed by atoms with Crippen molar-refractivity contribution in [2.75, 3.05) is 6.54 Å². The third-order valence-electron chi connectivity index (χ3n) is 2.60. The normalized spacial score (nSPS) is 12.5. The Morgan fingerprint density at radius 1 is 1.40 bits per heavy atom.